The lowest BCUT2D eigenvalue weighted by Gasteiger charge is -2.50. The molecule has 1 N–H and O–H groups in total. The summed E-state index contributed by atoms with van der Waals surface area (Å²) >= 11 is 14.2. The molecule has 6 atom stereocenters. The van der Waals surface area contributed by atoms with Gasteiger partial charge in [0.25, 0.3) is 11.8 Å². The number of hydrogen-bond donors (Lipinski definition) is 1. The third kappa shape index (κ3) is 2.99. The number of para-hydroxylation sites is 1. The number of halogens is 2. The molecule has 1 aromatic rings. The van der Waals surface area contributed by atoms with Gasteiger partial charge in [0.05, 0.1) is 11.8 Å². The van der Waals surface area contributed by atoms with E-state index >= 15 is 0 Å². The molecule has 2 aliphatic heterocycles. The van der Waals surface area contributed by atoms with E-state index < -0.39 is 45.2 Å². The Kier molecular flexibility index (Phi) is 5.88. The lowest BCUT2D eigenvalue weighted by atomic mass is 9.56. The van der Waals surface area contributed by atoms with Crippen LogP contribution in [0.15, 0.2) is 42.5 Å². The molecule has 36 heavy (non-hydrogen) atoms. The lowest BCUT2D eigenvalue weighted by molar-refractivity contribution is -0.141. The minimum absolute atomic E-state index is 0.0530. The maximum absolute atomic E-state index is 13.6. The number of alkyl halides is 2. The Morgan fingerprint density at radius 3 is 2.53 bits per heavy atom. The van der Waals surface area contributed by atoms with E-state index in [2.05, 4.69) is 6.58 Å². The van der Waals surface area contributed by atoms with Crippen molar-refractivity contribution in [2.24, 2.45) is 17.8 Å². The van der Waals surface area contributed by atoms with Gasteiger partial charge in [-0.15, -0.1) is 29.8 Å². The molecule has 0 bridgehead atoms. The SMILES string of the molecule is C=CCc1cccc(C2C3=CCC4C(=O)N(CCC)C(=O)C4C3CC3(Cl)C(=O)N(C)C(=O)C23Cl)c1O. The van der Waals surface area contributed by atoms with Crippen LogP contribution in [0.25, 0.3) is 0 Å². The first kappa shape index (κ1) is 25.0. The summed E-state index contributed by atoms with van der Waals surface area (Å²) in [5.41, 5.74) is 1.62. The van der Waals surface area contributed by atoms with Crippen LogP contribution in [0, 0.1) is 17.8 Å². The van der Waals surface area contributed by atoms with Crippen molar-refractivity contribution in [3.05, 3.63) is 53.6 Å². The van der Waals surface area contributed by atoms with Crippen molar-refractivity contribution in [2.45, 2.75) is 48.3 Å². The quantitative estimate of drug-likeness (QED) is 0.357. The molecule has 0 radical (unpaired) electrons. The van der Waals surface area contributed by atoms with E-state index in [0.29, 0.717) is 42.5 Å². The van der Waals surface area contributed by atoms with Gasteiger partial charge >= 0.3 is 0 Å². The van der Waals surface area contributed by atoms with Gasteiger partial charge in [0.15, 0.2) is 9.75 Å². The van der Waals surface area contributed by atoms with Crippen molar-refractivity contribution >= 4 is 46.8 Å². The first-order chi connectivity index (χ1) is 17.0. The van der Waals surface area contributed by atoms with Crippen molar-refractivity contribution in [3.8, 4) is 5.75 Å². The average Bonchev–Trinajstić information content (AvgIpc) is 3.16. The molecule has 4 amide bonds. The second kappa shape index (κ2) is 8.45. The summed E-state index contributed by atoms with van der Waals surface area (Å²) < 4.78 is 0. The van der Waals surface area contributed by atoms with Crippen LogP contribution in [-0.4, -0.2) is 61.9 Å². The zero-order valence-electron chi connectivity index (χ0n) is 20.2. The number of allylic oxidation sites excluding steroid dienone is 3. The van der Waals surface area contributed by atoms with E-state index in [1.807, 2.05) is 13.0 Å². The minimum Gasteiger partial charge on any atom is -0.507 e. The van der Waals surface area contributed by atoms with Crippen LogP contribution in [0.2, 0.25) is 0 Å². The van der Waals surface area contributed by atoms with Crippen molar-refractivity contribution in [1.82, 2.24) is 9.80 Å². The fraction of sp³-hybridized carbons (Fsp3) is 0.481. The molecule has 3 fully saturated rings. The molecule has 7 nitrogen and oxygen atoms in total. The average molecular weight is 531 g/mol. The largest absolute Gasteiger partial charge is 0.507 e. The molecule has 4 aliphatic rings. The fourth-order valence-corrected chi connectivity index (χ4v) is 7.77. The zero-order valence-corrected chi connectivity index (χ0v) is 21.7. The van der Waals surface area contributed by atoms with Crippen molar-refractivity contribution < 1.29 is 24.3 Å². The highest BCUT2D eigenvalue weighted by Crippen LogP contribution is 2.66. The minimum atomic E-state index is -1.91. The number of carbonyl (C=O) groups excluding carboxylic acids is 4. The van der Waals surface area contributed by atoms with Gasteiger partial charge in [-0.3, -0.25) is 29.0 Å². The van der Waals surface area contributed by atoms with Gasteiger partial charge in [-0.2, -0.15) is 0 Å². The summed E-state index contributed by atoms with van der Waals surface area (Å²) in [7, 11) is 1.34. The molecule has 1 saturated carbocycles. The topological polar surface area (TPSA) is 95.0 Å². The Hall–Kier alpha value is -2.64. The second-order valence-corrected chi connectivity index (χ2v) is 11.4. The molecule has 6 unspecified atom stereocenters. The van der Waals surface area contributed by atoms with Crippen LogP contribution >= 0.6 is 23.2 Å². The lowest BCUT2D eigenvalue weighted by Crippen LogP contribution is -2.60. The van der Waals surface area contributed by atoms with Crippen molar-refractivity contribution in [2.75, 3.05) is 13.6 Å². The van der Waals surface area contributed by atoms with E-state index in [1.54, 1.807) is 24.3 Å². The molecule has 2 aliphatic carbocycles. The second-order valence-electron chi connectivity index (χ2n) is 10.2. The Bertz CT molecular complexity index is 1240. The predicted octanol–water partition coefficient (Wildman–Crippen LogP) is 3.52. The van der Waals surface area contributed by atoms with Gasteiger partial charge in [0.1, 0.15) is 5.75 Å². The third-order valence-corrected chi connectivity index (χ3v) is 9.79. The summed E-state index contributed by atoms with van der Waals surface area (Å²) in [5.74, 6) is -4.63. The van der Waals surface area contributed by atoms with Crippen LogP contribution in [-0.2, 0) is 25.6 Å². The molecule has 0 spiro atoms. The molecule has 5 rings (SSSR count). The number of likely N-dealkylation sites (tertiary alicyclic amines) is 2. The number of fused-ring (bicyclic) bond motifs is 4. The normalized spacial score (nSPS) is 35.5. The Morgan fingerprint density at radius 1 is 1.14 bits per heavy atom. The number of benzene rings is 1. The number of amides is 4. The number of nitrogens with zero attached hydrogens (tertiary/aromatic N) is 2. The van der Waals surface area contributed by atoms with Crippen molar-refractivity contribution in [1.29, 1.82) is 0 Å². The van der Waals surface area contributed by atoms with Gasteiger partial charge in [0, 0.05) is 25.1 Å². The van der Waals surface area contributed by atoms with E-state index in [0.717, 1.165) is 4.90 Å². The number of phenols is 1. The summed E-state index contributed by atoms with van der Waals surface area (Å²) in [4.78, 5) is 52.1. The highest BCUT2D eigenvalue weighted by atomic mass is 35.5. The number of aromatic hydroxyl groups is 1. The molecule has 2 heterocycles. The molecule has 9 heteroatoms. The summed E-state index contributed by atoms with van der Waals surface area (Å²) in [6, 6.07) is 5.17. The van der Waals surface area contributed by atoms with E-state index in [9.17, 15) is 24.3 Å². The van der Waals surface area contributed by atoms with E-state index in [4.69, 9.17) is 23.2 Å². The highest BCUT2D eigenvalue weighted by molar-refractivity contribution is 6.53. The Balaban J connectivity index is 1.73. The molecular formula is C27H28Cl2N2O5. The summed E-state index contributed by atoms with van der Waals surface area (Å²) in [6.07, 6.45) is 4.79. The van der Waals surface area contributed by atoms with Gasteiger partial charge in [-0.25, -0.2) is 0 Å². The summed E-state index contributed by atoms with van der Waals surface area (Å²) in [5, 5.41) is 11.3. The maximum Gasteiger partial charge on any atom is 0.253 e. The monoisotopic (exact) mass is 530 g/mol. The van der Waals surface area contributed by atoms with Crippen LogP contribution in [0.1, 0.15) is 43.2 Å². The molecule has 190 valence electrons. The van der Waals surface area contributed by atoms with Crippen molar-refractivity contribution in [3.63, 3.8) is 0 Å². The van der Waals surface area contributed by atoms with Gasteiger partial charge in [-0.1, -0.05) is 42.8 Å². The highest BCUT2D eigenvalue weighted by Gasteiger charge is 2.76. The van der Waals surface area contributed by atoms with Crippen LogP contribution in [0.4, 0.5) is 0 Å². The third-order valence-electron chi connectivity index (χ3n) is 8.38. The molecule has 2 saturated heterocycles. The smallest absolute Gasteiger partial charge is 0.253 e. The van der Waals surface area contributed by atoms with Gasteiger partial charge in [0.2, 0.25) is 11.8 Å². The molecular weight excluding hydrogens is 503 g/mol. The molecule has 1 aromatic carbocycles. The number of phenolic OH excluding ortho intramolecular Hbond substituents is 1. The van der Waals surface area contributed by atoms with E-state index in [-0.39, 0.29) is 24.0 Å². The number of imide groups is 2. The number of hydrogen-bond acceptors (Lipinski definition) is 5. The number of rotatable bonds is 5. The van der Waals surface area contributed by atoms with Gasteiger partial charge in [-0.05, 0) is 37.2 Å². The first-order valence-electron chi connectivity index (χ1n) is 12.2. The Morgan fingerprint density at radius 2 is 1.86 bits per heavy atom. The summed E-state index contributed by atoms with van der Waals surface area (Å²) in [6.45, 7) is 5.96. The van der Waals surface area contributed by atoms with E-state index in [1.165, 1.54) is 11.9 Å². The first-order valence-corrected chi connectivity index (χ1v) is 13.0. The van der Waals surface area contributed by atoms with Gasteiger partial charge < -0.3 is 5.11 Å². The standard InChI is InChI=1S/C27H28Cl2N2O5/c1-4-7-14-8-6-9-17(21(14)32)20-15-10-11-16-19(23(34)31(12-5-2)22(16)33)18(15)13-26(28)24(35)30(3)25(36)27(20,26)29/h4,6,8-10,16,18-20,32H,1,5,7,11-13H2,2-3H3. The Labute approximate surface area is 219 Å². The fourth-order valence-electron chi connectivity index (χ4n) is 6.76. The zero-order chi connectivity index (χ0) is 26.2. The van der Waals surface area contributed by atoms with Crippen LogP contribution in [0.5, 0.6) is 5.75 Å². The van der Waals surface area contributed by atoms with Crippen LogP contribution < -0.4 is 0 Å². The number of carbonyl (C=O) groups is 4. The molecule has 0 aromatic heterocycles. The predicted molar refractivity (Wildman–Crippen MR) is 134 cm³/mol. The van der Waals surface area contributed by atoms with Crippen LogP contribution in [0.3, 0.4) is 0 Å². The maximum atomic E-state index is 13.6.